The van der Waals surface area contributed by atoms with E-state index in [0.29, 0.717) is 13.2 Å². The number of hydrogen-bond donors (Lipinski definition) is 1. The van der Waals surface area contributed by atoms with Crippen LogP contribution in [0.25, 0.3) is 0 Å². The third-order valence-electron chi connectivity index (χ3n) is 6.02. The first-order valence-corrected chi connectivity index (χ1v) is 10.5. The van der Waals surface area contributed by atoms with Crippen LogP contribution in [0, 0.1) is 0 Å². The van der Waals surface area contributed by atoms with Crippen molar-refractivity contribution in [2.75, 3.05) is 59.5 Å². The Morgan fingerprint density at radius 3 is 2.56 bits per heavy atom. The largest absolute Gasteiger partial charge is 0.369 e. The molecule has 1 spiro atoms. The molecule has 0 atom stereocenters. The lowest BCUT2D eigenvalue weighted by atomic mass is 9.85. The molecular weight excluding hydrogens is 364 g/mol. The number of likely N-dealkylation sites (N-methyl/N-ethyl adjacent to an activating group) is 1. The molecule has 0 unspecified atom stereocenters. The molecule has 7 nitrogen and oxygen atoms in total. The van der Waals surface area contributed by atoms with Crippen LogP contribution in [0.2, 0.25) is 0 Å². The molecule has 0 aliphatic carbocycles. The van der Waals surface area contributed by atoms with Crippen LogP contribution in [0.4, 0.5) is 0 Å². The van der Waals surface area contributed by atoms with E-state index < -0.39 is 0 Å². The Hall–Kier alpha value is -1.48. The van der Waals surface area contributed by atoms with Crippen molar-refractivity contribution in [3.05, 3.63) is 21.4 Å². The second kappa shape index (κ2) is 7.50. The number of primary amides is 1. The van der Waals surface area contributed by atoms with Gasteiger partial charge in [-0.15, -0.1) is 11.3 Å². The lowest BCUT2D eigenvalue weighted by Crippen LogP contribution is -2.48. The summed E-state index contributed by atoms with van der Waals surface area (Å²) >= 11 is 1.62. The van der Waals surface area contributed by atoms with Gasteiger partial charge in [-0.1, -0.05) is 0 Å². The predicted octanol–water partition coefficient (Wildman–Crippen LogP) is 0.485. The van der Waals surface area contributed by atoms with Crippen LogP contribution < -0.4 is 5.73 Å². The van der Waals surface area contributed by atoms with E-state index in [0.717, 1.165) is 63.4 Å². The third kappa shape index (κ3) is 3.76. The summed E-state index contributed by atoms with van der Waals surface area (Å²) in [6, 6.07) is 2.10. The van der Waals surface area contributed by atoms with Crippen molar-refractivity contribution >= 4 is 23.2 Å². The number of fused-ring (bicyclic) bond motifs is 2. The molecule has 2 saturated heterocycles. The molecule has 0 saturated carbocycles. The number of carbonyl (C=O) groups excluding carboxylic acids is 2. The molecular formula is C19H28N4O3S. The highest BCUT2D eigenvalue weighted by atomic mass is 32.1. The molecule has 1 aromatic heterocycles. The molecule has 8 heteroatoms. The highest BCUT2D eigenvalue weighted by molar-refractivity contribution is 7.14. The van der Waals surface area contributed by atoms with Gasteiger partial charge in [0.1, 0.15) is 5.60 Å². The number of piperazine rings is 1. The summed E-state index contributed by atoms with van der Waals surface area (Å²) in [7, 11) is 2.09. The van der Waals surface area contributed by atoms with Gasteiger partial charge in [0.2, 0.25) is 5.91 Å². The molecule has 2 N–H and O–H groups in total. The Bertz CT molecular complexity index is 719. The normalized spacial score (nSPS) is 23.4. The van der Waals surface area contributed by atoms with Gasteiger partial charge in [0, 0.05) is 44.1 Å². The van der Waals surface area contributed by atoms with E-state index in [1.54, 1.807) is 11.3 Å². The summed E-state index contributed by atoms with van der Waals surface area (Å²) in [6.45, 7) is 6.04. The summed E-state index contributed by atoms with van der Waals surface area (Å²) in [5, 5.41) is 0. The first kappa shape index (κ1) is 18.9. The minimum absolute atomic E-state index is 0.156. The summed E-state index contributed by atoms with van der Waals surface area (Å²) in [5.74, 6) is -0.129. The summed E-state index contributed by atoms with van der Waals surface area (Å²) < 4.78 is 6.27. The average Bonchev–Trinajstić information content (AvgIpc) is 3.09. The van der Waals surface area contributed by atoms with Gasteiger partial charge in [0.25, 0.3) is 5.91 Å². The first-order chi connectivity index (χ1) is 13.0. The number of piperidine rings is 1. The fourth-order valence-electron chi connectivity index (χ4n) is 4.36. The molecule has 0 radical (unpaired) electrons. The van der Waals surface area contributed by atoms with Crippen molar-refractivity contribution in [2.24, 2.45) is 5.73 Å². The smallest absolute Gasteiger partial charge is 0.264 e. The van der Waals surface area contributed by atoms with Crippen LogP contribution in [-0.2, 0) is 21.6 Å². The minimum Gasteiger partial charge on any atom is -0.369 e. The van der Waals surface area contributed by atoms with Crippen molar-refractivity contribution < 1.29 is 14.3 Å². The maximum atomic E-state index is 13.0. The van der Waals surface area contributed by atoms with Gasteiger partial charge in [-0.25, -0.2) is 0 Å². The fraction of sp³-hybridized carbons (Fsp3) is 0.684. The average molecular weight is 393 g/mol. The van der Waals surface area contributed by atoms with E-state index in [1.165, 1.54) is 10.4 Å². The number of likely N-dealkylation sites (tertiary alicyclic amines) is 1. The number of thiophene rings is 1. The molecule has 2 fully saturated rings. The number of amides is 2. The molecule has 0 aromatic carbocycles. The predicted molar refractivity (Wildman–Crippen MR) is 104 cm³/mol. The van der Waals surface area contributed by atoms with Gasteiger partial charge >= 0.3 is 0 Å². The number of hydrogen-bond acceptors (Lipinski definition) is 6. The Morgan fingerprint density at radius 2 is 1.89 bits per heavy atom. The molecule has 27 heavy (non-hydrogen) atoms. The number of nitrogens with zero attached hydrogens (tertiary/aromatic N) is 3. The summed E-state index contributed by atoms with van der Waals surface area (Å²) in [4.78, 5) is 32.6. The van der Waals surface area contributed by atoms with E-state index in [-0.39, 0.29) is 17.4 Å². The Labute approximate surface area is 164 Å². The number of carbonyl (C=O) groups is 2. The second-order valence-electron chi connectivity index (χ2n) is 7.90. The molecule has 3 aliphatic heterocycles. The topological polar surface area (TPSA) is 79.1 Å². The highest BCUT2D eigenvalue weighted by Crippen LogP contribution is 2.45. The molecule has 3 aliphatic rings. The van der Waals surface area contributed by atoms with E-state index >= 15 is 0 Å². The lowest BCUT2D eigenvalue weighted by Gasteiger charge is -2.43. The molecule has 2 amide bonds. The first-order valence-electron chi connectivity index (χ1n) is 9.72. The van der Waals surface area contributed by atoms with Crippen molar-refractivity contribution in [1.82, 2.24) is 14.7 Å². The van der Waals surface area contributed by atoms with E-state index in [9.17, 15) is 9.59 Å². The van der Waals surface area contributed by atoms with Gasteiger partial charge in [0.15, 0.2) is 0 Å². The monoisotopic (exact) mass is 392 g/mol. The SMILES string of the molecule is CN1CCN(C(=O)c2cc3c(s2)C2(CCN(CC(N)=O)CC2)OCC3)CC1. The van der Waals surface area contributed by atoms with E-state index in [2.05, 4.69) is 22.9 Å². The zero-order valence-electron chi connectivity index (χ0n) is 15.9. The standard InChI is InChI=1S/C19H28N4O3S/c1-21-7-9-23(10-8-21)18(25)15-12-14-2-11-26-19(17(14)27-15)3-5-22(6-4-19)13-16(20)24/h12H,2-11,13H2,1H3,(H2,20,24). The maximum absolute atomic E-state index is 13.0. The van der Waals surface area contributed by atoms with Gasteiger partial charge in [-0.05, 0) is 37.9 Å². The minimum atomic E-state index is -0.299. The second-order valence-corrected chi connectivity index (χ2v) is 8.95. The van der Waals surface area contributed by atoms with Crippen LogP contribution in [-0.4, -0.2) is 86.0 Å². The van der Waals surface area contributed by atoms with Gasteiger partial charge < -0.3 is 20.3 Å². The van der Waals surface area contributed by atoms with E-state index in [1.807, 2.05) is 4.90 Å². The number of ether oxygens (including phenoxy) is 1. The van der Waals surface area contributed by atoms with E-state index in [4.69, 9.17) is 10.5 Å². The zero-order chi connectivity index (χ0) is 19.0. The van der Waals surface area contributed by atoms with Crippen molar-refractivity contribution in [3.8, 4) is 0 Å². The summed E-state index contributed by atoms with van der Waals surface area (Å²) in [6.07, 6.45) is 2.56. The molecule has 148 valence electrons. The van der Waals surface area contributed by atoms with Crippen LogP contribution in [0.5, 0.6) is 0 Å². The quantitative estimate of drug-likeness (QED) is 0.810. The van der Waals surface area contributed by atoms with Crippen molar-refractivity contribution in [1.29, 1.82) is 0 Å². The summed E-state index contributed by atoms with van der Waals surface area (Å²) in [5.41, 5.74) is 6.30. The van der Waals surface area contributed by atoms with Crippen LogP contribution >= 0.6 is 11.3 Å². The van der Waals surface area contributed by atoms with Crippen LogP contribution in [0.3, 0.4) is 0 Å². The highest BCUT2D eigenvalue weighted by Gasteiger charge is 2.43. The van der Waals surface area contributed by atoms with Crippen LogP contribution in [0.1, 0.15) is 33.0 Å². The van der Waals surface area contributed by atoms with Crippen LogP contribution in [0.15, 0.2) is 6.07 Å². The third-order valence-corrected chi connectivity index (χ3v) is 7.37. The number of rotatable bonds is 3. The Morgan fingerprint density at radius 1 is 1.19 bits per heavy atom. The molecule has 0 bridgehead atoms. The lowest BCUT2D eigenvalue weighted by molar-refractivity contribution is -0.123. The van der Waals surface area contributed by atoms with Gasteiger partial charge in [-0.3, -0.25) is 14.5 Å². The van der Waals surface area contributed by atoms with Gasteiger partial charge in [0.05, 0.1) is 18.0 Å². The van der Waals surface area contributed by atoms with Crippen molar-refractivity contribution in [3.63, 3.8) is 0 Å². The Balaban J connectivity index is 1.51. The Kier molecular flexibility index (Phi) is 5.24. The molecule has 1 aromatic rings. The fourth-order valence-corrected chi connectivity index (χ4v) is 5.74. The maximum Gasteiger partial charge on any atom is 0.264 e. The van der Waals surface area contributed by atoms with Gasteiger partial charge in [-0.2, -0.15) is 0 Å². The zero-order valence-corrected chi connectivity index (χ0v) is 16.7. The molecule has 4 rings (SSSR count). The van der Waals surface area contributed by atoms with Crippen molar-refractivity contribution in [2.45, 2.75) is 24.9 Å². The molecule has 4 heterocycles. The number of nitrogens with two attached hydrogens (primary N) is 1.